The van der Waals surface area contributed by atoms with Crippen molar-refractivity contribution in [2.24, 2.45) is 0 Å². The molecule has 0 bridgehead atoms. The Labute approximate surface area is 304 Å². The van der Waals surface area contributed by atoms with Gasteiger partial charge in [0.15, 0.2) is 30.0 Å². The van der Waals surface area contributed by atoms with Gasteiger partial charge in [-0.1, -0.05) is 0 Å². The first-order valence-corrected chi connectivity index (χ1v) is 19.4. The van der Waals surface area contributed by atoms with Crippen LogP contribution in [0.2, 0.25) is 0 Å². The zero-order valence-electron chi connectivity index (χ0n) is 28.2. The lowest BCUT2D eigenvalue weighted by molar-refractivity contribution is -0.156. The third kappa shape index (κ3) is 9.46. The molecule has 0 spiro atoms. The second-order valence-corrected chi connectivity index (χ2v) is 15.0. The van der Waals surface area contributed by atoms with Gasteiger partial charge in [0.05, 0.1) is 32.8 Å². The summed E-state index contributed by atoms with van der Waals surface area (Å²) in [6.45, 7) is 1.33. The van der Waals surface area contributed by atoms with Gasteiger partial charge in [-0.05, 0) is 19.0 Å². The fourth-order valence-corrected chi connectivity index (χ4v) is 7.43. The van der Waals surface area contributed by atoms with Crippen LogP contribution in [0.3, 0.4) is 0 Å². The van der Waals surface area contributed by atoms with E-state index in [0.717, 1.165) is 17.1 Å². The average Bonchev–Trinajstić information content (AvgIpc) is 3.77. The topological polar surface area (TPSA) is 351 Å². The van der Waals surface area contributed by atoms with Crippen molar-refractivity contribution >= 4 is 44.4 Å². The average molecular weight is 808 g/mol. The van der Waals surface area contributed by atoms with Crippen molar-refractivity contribution in [3.63, 3.8) is 0 Å². The molecule has 3 aromatic heterocycles. The number of hydrogen-bond acceptors (Lipinski definition) is 20. The molecule has 0 aromatic carbocycles. The summed E-state index contributed by atoms with van der Waals surface area (Å²) in [5.74, 6) is -0.831. The van der Waals surface area contributed by atoms with Crippen molar-refractivity contribution in [1.82, 2.24) is 34.0 Å². The van der Waals surface area contributed by atoms with Gasteiger partial charge >= 0.3 is 27.3 Å². The molecule has 25 nitrogen and oxygen atoms in total. The number of morpholine rings is 1. The van der Waals surface area contributed by atoms with Crippen LogP contribution in [0, 0.1) is 0 Å². The van der Waals surface area contributed by atoms with Gasteiger partial charge < -0.3 is 55.3 Å². The van der Waals surface area contributed by atoms with Gasteiger partial charge in [0, 0.05) is 25.7 Å². The number of aromatic nitrogens is 6. The minimum absolute atomic E-state index is 0.0371. The number of nitrogen functional groups attached to an aromatic ring is 2. The molecule has 3 saturated heterocycles. The Balaban J connectivity index is 1.17. The molecule has 9 N–H and O–H groups in total. The maximum Gasteiger partial charge on any atom is 0.472 e. The van der Waals surface area contributed by atoms with Crippen LogP contribution in [-0.4, -0.2) is 148 Å². The van der Waals surface area contributed by atoms with Crippen LogP contribution >= 0.6 is 15.6 Å². The van der Waals surface area contributed by atoms with E-state index < -0.39 is 89.6 Å². The first kappa shape index (κ1) is 40.2. The molecule has 3 fully saturated rings. The van der Waals surface area contributed by atoms with Gasteiger partial charge in [0.2, 0.25) is 0 Å². The zero-order valence-corrected chi connectivity index (χ0v) is 30.0. The van der Waals surface area contributed by atoms with E-state index in [0.29, 0.717) is 39.3 Å². The highest BCUT2D eigenvalue weighted by atomic mass is 31.2. The number of imidazole rings is 1. The molecule has 0 saturated carbocycles. The summed E-state index contributed by atoms with van der Waals surface area (Å²) in [7, 11) is -10.4. The summed E-state index contributed by atoms with van der Waals surface area (Å²) in [5, 5.41) is 22.5. The molecule has 6 rings (SSSR count). The Hall–Kier alpha value is -3.52. The second kappa shape index (κ2) is 16.7. The van der Waals surface area contributed by atoms with E-state index in [2.05, 4.69) is 29.4 Å². The summed E-state index contributed by atoms with van der Waals surface area (Å²) in [6, 6.07) is 1.19. The molecule has 54 heavy (non-hydrogen) atoms. The Morgan fingerprint density at radius 3 is 2.31 bits per heavy atom. The number of phosphoric ester groups is 2. The molecule has 0 radical (unpaired) electrons. The van der Waals surface area contributed by atoms with Gasteiger partial charge in [0.1, 0.15) is 48.2 Å². The van der Waals surface area contributed by atoms with Crippen LogP contribution in [0.5, 0.6) is 0 Å². The highest BCUT2D eigenvalue weighted by Crippen LogP contribution is 2.50. The molecule has 3 aliphatic heterocycles. The number of fused-ring (bicyclic) bond motifs is 1. The molecule has 3 aromatic rings. The van der Waals surface area contributed by atoms with Crippen molar-refractivity contribution in [3.05, 3.63) is 35.4 Å². The molecule has 0 amide bonds. The van der Waals surface area contributed by atoms with Crippen molar-refractivity contribution < 1.29 is 71.3 Å². The lowest BCUT2D eigenvalue weighted by Crippen LogP contribution is -2.39. The number of nitrogens with two attached hydrogens (primary N) is 2. The Kier molecular flexibility index (Phi) is 12.4. The standard InChI is InChI=1S/C27H39N9O16P2/c28-16-3-5-35(27(40)33-16)25-20(39)22(15(50-25)10-47-53(41,42)43)52-54(44,45)48-11-14-21(51-17(37)2-1-4-34-6-8-46-9-7-34)19(38)26(49-14)36-13-32-18-23(29)30-12-31-24(18)36/h3,5,12-15,19-22,25-26,38-39H,1-2,4,6-11H2,(H,44,45)(H2,28,33,40)(H2,29,30,31)(H2,41,42,43)/t14-,15-,19-,20-,21-,22-,25-,26-/m1/s1. The van der Waals surface area contributed by atoms with Gasteiger partial charge in [-0.25, -0.2) is 28.9 Å². The third-order valence-corrected chi connectivity index (χ3v) is 10.2. The lowest BCUT2D eigenvalue weighted by atomic mass is 10.1. The quantitative estimate of drug-likeness (QED) is 0.0611. The van der Waals surface area contributed by atoms with Gasteiger partial charge in [-0.15, -0.1) is 0 Å². The number of carbonyl (C=O) groups excluding carboxylic acids is 1. The Morgan fingerprint density at radius 2 is 1.61 bits per heavy atom. The number of rotatable bonds is 15. The molecule has 27 heteroatoms. The predicted octanol–water partition coefficient (Wildman–Crippen LogP) is -2.60. The van der Waals surface area contributed by atoms with E-state index in [1.54, 1.807) is 0 Å². The van der Waals surface area contributed by atoms with E-state index >= 15 is 0 Å². The molecule has 3 aliphatic rings. The van der Waals surface area contributed by atoms with E-state index in [4.69, 9.17) is 39.5 Å². The third-order valence-electron chi connectivity index (χ3n) is 8.70. The fraction of sp³-hybridized carbons (Fsp3) is 0.630. The first-order valence-electron chi connectivity index (χ1n) is 16.4. The number of nitrogens with zero attached hydrogens (tertiary/aromatic N) is 7. The predicted molar refractivity (Wildman–Crippen MR) is 177 cm³/mol. The number of aliphatic hydroxyl groups is 2. The number of hydrogen-bond donors (Lipinski definition) is 7. The number of carbonyl (C=O) groups is 1. The van der Waals surface area contributed by atoms with E-state index in [9.17, 15) is 43.6 Å². The fourth-order valence-electron chi connectivity index (χ4n) is 6.12. The lowest BCUT2D eigenvalue weighted by Gasteiger charge is -2.26. The molecule has 298 valence electrons. The summed E-state index contributed by atoms with van der Waals surface area (Å²) in [4.78, 5) is 72.6. The minimum Gasteiger partial charge on any atom is -0.457 e. The van der Waals surface area contributed by atoms with Crippen LogP contribution in [0.1, 0.15) is 25.3 Å². The van der Waals surface area contributed by atoms with E-state index in [1.807, 2.05) is 0 Å². The van der Waals surface area contributed by atoms with Crippen LogP contribution < -0.4 is 17.2 Å². The van der Waals surface area contributed by atoms with Crippen molar-refractivity contribution in [2.75, 3.05) is 57.5 Å². The van der Waals surface area contributed by atoms with Gasteiger partial charge in [-0.3, -0.25) is 32.4 Å². The summed E-state index contributed by atoms with van der Waals surface area (Å²) >= 11 is 0. The van der Waals surface area contributed by atoms with E-state index in [-0.39, 0.29) is 29.2 Å². The number of ether oxygens (including phenoxy) is 4. The molecule has 6 heterocycles. The van der Waals surface area contributed by atoms with E-state index in [1.165, 1.54) is 17.0 Å². The van der Waals surface area contributed by atoms with Crippen LogP contribution in [-0.2, 0) is 46.4 Å². The first-order chi connectivity index (χ1) is 25.6. The SMILES string of the molecule is Nc1ccn([C@@H]2O[C@H](COP(=O)(O)O)[C@@H](OP(=O)(O)OC[C@H]3O[C@@H](n4cnc5c(N)ncnc54)[C@H](O)[C@@H]3OC(=O)CCCN3CCOCC3)[C@H]2O)c(=O)n1. The van der Waals surface area contributed by atoms with Gasteiger partial charge in [0.25, 0.3) is 0 Å². The maximum absolute atomic E-state index is 13.4. The van der Waals surface area contributed by atoms with Crippen molar-refractivity contribution in [1.29, 1.82) is 0 Å². The second-order valence-electron chi connectivity index (χ2n) is 12.4. The molecule has 1 unspecified atom stereocenters. The number of esters is 1. The summed E-state index contributed by atoms with van der Waals surface area (Å²) in [5.41, 5.74) is 10.8. The smallest absolute Gasteiger partial charge is 0.457 e. The normalized spacial score (nSPS) is 29.1. The molecule has 0 aliphatic carbocycles. The van der Waals surface area contributed by atoms with Crippen molar-refractivity contribution in [3.8, 4) is 0 Å². The number of phosphoric acid groups is 2. The van der Waals surface area contributed by atoms with Crippen LogP contribution in [0.25, 0.3) is 11.2 Å². The molecule has 9 atom stereocenters. The molecular formula is C27H39N9O16P2. The van der Waals surface area contributed by atoms with Crippen LogP contribution in [0.15, 0.2) is 29.7 Å². The zero-order chi connectivity index (χ0) is 38.8. The highest BCUT2D eigenvalue weighted by Gasteiger charge is 2.52. The monoisotopic (exact) mass is 807 g/mol. The Morgan fingerprint density at radius 1 is 0.944 bits per heavy atom. The maximum atomic E-state index is 13.4. The number of anilines is 2. The minimum atomic E-state index is -5.30. The number of aliphatic hydroxyl groups excluding tert-OH is 2. The van der Waals surface area contributed by atoms with Gasteiger partial charge in [-0.2, -0.15) is 4.98 Å². The van der Waals surface area contributed by atoms with Crippen molar-refractivity contribution in [2.45, 2.75) is 61.9 Å². The highest BCUT2D eigenvalue weighted by molar-refractivity contribution is 7.47. The largest absolute Gasteiger partial charge is 0.472 e. The Bertz CT molecular complexity index is 1940. The molecular weight excluding hydrogens is 768 g/mol. The summed E-state index contributed by atoms with van der Waals surface area (Å²) < 4.78 is 64.3. The summed E-state index contributed by atoms with van der Waals surface area (Å²) in [6.07, 6.45) is -9.04. The van der Waals surface area contributed by atoms with Crippen LogP contribution in [0.4, 0.5) is 11.6 Å².